The first kappa shape index (κ1) is 78.0. The molecule has 4 aromatic carbocycles. The molecule has 0 unspecified atom stereocenters. The Bertz CT molecular complexity index is 6610. The SMILES string of the molecule is Cc1cc(C)n(CC(=O)N2CCc3cc(-c4cn(C)c5ncnc(N)c45)ccc32)n1.Cc1cccc(CC(=O)N2CCc3cc(-c4cn(C)c5ncnc(N)c45)ccc32)n1.Cn1cc(-c2ccc3c(c2)CCN3C(=O)Cc2cccc(Cl)n2)c2c(N)ncnc21.Cn1cccc1CC(=O)N1CCc2c1ccc(-c1cn(C)c3ncnc(N)c13)c2F. The minimum Gasteiger partial charge on any atom is -0.383 e. The predicted octanol–water partition coefficient (Wildman–Crippen LogP) is 11.9. The summed E-state index contributed by atoms with van der Waals surface area (Å²) >= 11 is 5.94. The number of nitrogen functional groups attached to an aromatic ring is 4. The highest BCUT2D eigenvalue weighted by Gasteiger charge is 2.33. The lowest BCUT2D eigenvalue weighted by Gasteiger charge is -2.18. The number of anilines is 8. The third kappa shape index (κ3) is 14.7. The number of aromatic nitrogens is 17. The largest absolute Gasteiger partial charge is 0.383 e. The van der Waals surface area contributed by atoms with Gasteiger partial charge in [0.15, 0.2) is 0 Å². The first-order valence-corrected chi connectivity index (χ1v) is 39.6. The Labute approximate surface area is 693 Å². The van der Waals surface area contributed by atoms with Crippen molar-refractivity contribution >= 4 is 125 Å². The van der Waals surface area contributed by atoms with Crippen LogP contribution in [0.1, 0.15) is 56.4 Å². The topological polar surface area (TPSA) is 357 Å². The number of halogens is 2. The number of rotatable bonds is 12. The number of nitrogens with zero attached hydrogens (tertiary/aromatic N) is 21. The molecule has 604 valence electrons. The maximum Gasteiger partial charge on any atom is 0.248 e. The fraction of sp³-hybridized carbons (Fsp3) is 0.225. The molecule has 120 heavy (non-hydrogen) atoms. The number of carbonyl (C=O) groups excluding carboxylic acids is 4. The molecule has 4 amide bonds. The predicted molar refractivity (Wildman–Crippen MR) is 464 cm³/mol. The third-order valence-electron chi connectivity index (χ3n) is 22.7. The molecule has 29 nitrogen and oxygen atoms in total. The van der Waals surface area contributed by atoms with E-state index in [4.69, 9.17) is 34.5 Å². The lowest BCUT2D eigenvalue weighted by molar-refractivity contribution is -0.119. The van der Waals surface area contributed by atoms with Crippen LogP contribution in [0.4, 0.5) is 50.4 Å². The molecule has 16 heterocycles. The molecule has 8 N–H and O–H groups in total. The van der Waals surface area contributed by atoms with E-state index in [1.807, 2.05) is 216 Å². The zero-order valence-electron chi connectivity index (χ0n) is 67.3. The first-order chi connectivity index (χ1) is 57.9. The van der Waals surface area contributed by atoms with Gasteiger partial charge in [-0.05, 0) is 171 Å². The van der Waals surface area contributed by atoms with Crippen molar-refractivity contribution in [2.24, 2.45) is 35.2 Å². The van der Waals surface area contributed by atoms with E-state index < -0.39 is 0 Å². The van der Waals surface area contributed by atoms with Crippen LogP contribution in [0.25, 0.3) is 88.6 Å². The van der Waals surface area contributed by atoms with Crippen LogP contribution in [-0.4, -0.2) is 132 Å². The van der Waals surface area contributed by atoms with E-state index in [1.165, 1.54) is 25.3 Å². The minimum absolute atomic E-state index is 0.0130. The normalized spacial score (nSPS) is 13.2. The molecule has 12 aromatic heterocycles. The number of benzene rings is 4. The summed E-state index contributed by atoms with van der Waals surface area (Å²) in [5, 5.41) is 8.00. The van der Waals surface area contributed by atoms with Crippen LogP contribution < -0.4 is 42.5 Å². The summed E-state index contributed by atoms with van der Waals surface area (Å²) in [7, 11) is 9.59. The highest BCUT2D eigenvalue weighted by molar-refractivity contribution is 6.29. The maximum absolute atomic E-state index is 15.6. The van der Waals surface area contributed by atoms with Crippen molar-refractivity contribution in [3.63, 3.8) is 0 Å². The number of amides is 4. The molecule has 0 spiro atoms. The summed E-state index contributed by atoms with van der Waals surface area (Å²) < 4.78 is 26.9. The molecule has 16 aromatic rings. The van der Waals surface area contributed by atoms with Gasteiger partial charge in [0.2, 0.25) is 23.6 Å². The second-order valence-corrected chi connectivity index (χ2v) is 30.9. The summed E-state index contributed by atoms with van der Waals surface area (Å²) in [6, 6.07) is 39.0. The Morgan fingerprint density at radius 2 is 0.817 bits per heavy atom. The smallest absolute Gasteiger partial charge is 0.248 e. The molecule has 0 atom stereocenters. The summed E-state index contributed by atoms with van der Waals surface area (Å²) in [5.41, 5.74) is 47.5. The third-order valence-corrected chi connectivity index (χ3v) is 22.9. The molecule has 4 aliphatic rings. The summed E-state index contributed by atoms with van der Waals surface area (Å²) in [6.07, 6.45) is 19.4. The Morgan fingerprint density at radius 1 is 0.408 bits per heavy atom. The van der Waals surface area contributed by atoms with E-state index in [2.05, 4.69) is 73.1 Å². The van der Waals surface area contributed by atoms with E-state index in [1.54, 1.807) is 21.7 Å². The van der Waals surface area contributed by atoms with Crippen molar-refractivity contribution in [2.45, 2.75) is 72.3 Å². The van der Waals surface area contributed by atoms with Gasteiger partial charge in [0, 0.05) is 171 Å². The fourth-order valence-electron chi connectivity index (χ4n) is 16.9. The van der Waals surface area contributed by atoms with Crippen molar-refractivity contribution < 1.29 is 23.6 Å². The van der Waals surface area contributed by atoms with Gasteiger partial charge in [-0.15, -0.1) is 0 Å². The molecule has 31 heteroatoms. The average molecular weight is 1620 g/mol. The van der Waals surface area contributed by atoms with Crippen molar-refractivity contribution in [3.05, 3.63) is 245 Å². The van der Waals surface area contributed by atoms with Crippen molar-refractivity contribution in [3.8, 4) is 44.5 Å². The molecule has 20 rings (SSSR count). The van der Waals surface area contributed by atoms with Crippen molar-refractivity contribution in [1.29, 1.82) is 0 Å². The molecule has 0 saturated heterocycles. The number of carbonyl (C=O) groups is 4. The van der Waals surface area contributed by atoms with Crippen LogP contribution in [0.5, 0.6) is 0 Å². The molecule has 4 aliphatic heterocycles. The number of hydrogen-bond acceptors (Lipinski definition) is 19. The molecule has 0 saturated carbocycles. The second kappa shape index (κ2) is 31.8. The van der Waals surface area contributed by atoms with Crippen molar-refractivity contribution in [1.82, 2.24) is 82.5 Å². The number of hydrogen-bond donors (Lipinski definition) is 4. The van der Waals surface area contributed by atoms with E-state index in [-0.39, 0.29) is 48.8 Å². The quantitative estimate of drug-likeness (QED) is 0.0825. The van der Waals surface area contributed by atoms with E-state index in [0.29, 0.717) is 107 Å². The average Bonchev–Trinajstić information content (AvgIpc) is 1.62. The monoisotopic (exact) mass is 1620 g/mol. The lowest BCUT2D eigenvalue weighted by Crippen LogP contribution is -2.32. The van der Waals surface area contributed by atoms with Crippen LogP contribution in [0.2, 0.25) is 5.15 Å². The molecule has 0 radical (unpaired) electrons. The molecule has 0 fully saturated rings. The van der Waals surface area contributed by atoms with Gasteiger partial charge in [0.25, 0.3) is 0 Å². The van der Waals surface area contributed by atoms with Gasteiger partial charge in [-0.2, -0.15) is 5.10 Å². The van der Waals surface area contributed by atoms with E-state index >= 15 is 4.39 Å². The van der Waals surface area contributed by atoms with Crippen molar-refractivity contribution in [2.75, 3.05) is 68.7 Å². The molecular formula is C89H85ClFN25O4. The Kier molecular flexibility index (Phi) is 20.7. The second-order valence-electron chi connectivity index (χ2n) is 30.5. The lowest BCUT2D eigenvalue weighted by atomic mass is 10.0. The minimum atomic E-state index is -0.322. The standard InChI is InChI=1S/C23H22N6O.C22H19ClN6O.C22H21FN6O.C22H23N7O/c1-14-4-3-5-17(27-14)11-20(30)29-9-8-16-10-15(6-7-19(16)29)18-12-28(2)23-21(18)22(24)25-13-26-23;1-28-11-16(20-21(24)25-12-26-22(20)28)13-5-6-17-14(9-13)7-8-29(17)19(30)10-15-3-2-4-18(23)27-15;1-27-8-3-4-13(27)10-18(30)29-9-7-15-17(29)6-5-14(20(15)23)16-11-28(2)22-19(16)21(24)25-12-26-22;1-13-8-14(2)29(26-13)11-19(30)28-7-6-16-9-15(4-5-18(16)28)17-10-27(3)22-20(17)21(23)24-12-25-22/h3-7,10,12-13H,8-9,11H2,1-2H3,(H2,24,25,26);2-6,9,11-12H,7-8,10H2,1H3,(H2,24,25,26);3-6,8,11-12H,7,9-10H2,1-2H3,(H2,24,25,26);4-5,8-10,12H,6-7,11H2,1-3H3,(H2,23,24,25). The van der Waals surface area contributed by atoms with Crippen LogP contribution in [0.3, 0.4) is 0 Å². The van der Waals surface area contributed by atoms with Crippen LogP contribution >= 0.6 is 11.6 Å². The van der Waals surface area contributed by atoms with Crippen LogP contribution in [0.15, 0.2) is 178 Å². The number of nitrogens with two attached hydrogens (primary N) is 4. The van der Waals surface area contributed by atoms with Gasteiger partial charge in [-0.3, -0.25) is 28.8 Å². The van der Waals surface area contributed by atoms with Gasteiger partial charge in [0.1, 0.15) is 88.7 Å². The van der Waals surface area contributed by atoms with Gasteiger partial charge < -0.3 is 65.4 Å². The zero-order chi connectivity index (χ0) is 83.6. The summed E-state index contributed by atoms with van der Waals surface area (Å²) in [5.74, 6) is 1.49. The number of fused-ring (bicyclic) bond motifs is 8. The molecule has 0 bridgehead atoms. The Balaban J connectivity index is 0.000000114. The highest BCUT2D eigenvalue weighted by atomic mass is 35.5. The van der Waals surface area contributed by atoms with E-state index in [0.717, 1.165) is 148 Å². The Hall–Kier alpha value is -14.6. The van der Waals surface area contributed by atoms with Gasteiger partial charge in [-0.25, -0.2) is 49.2 Å². The van der Waals surface area contributed by atoms with E-state index in [9.17, 15) is 19.2 Å². The maximum atomic E-state index is 15.6. The summed E-state index contributed by atoms with van der Waals surface area (Å²) in [4.78, 5) is 101. The number of pyridine rings is 2. The first-order valence-electron chi connectivity index (χ1n) is 39.2. The fourth-order valence-corrected chi connectivity index (χ4v) is 17.1. The van der Waals surface area contributed by atoms with Gasteiger partial charge in [-0.1, -0.05) is 41.9 Å². The van der Waals surface area contributed by atoms with Crippen LogP contribution in [-0.2, 0) is 106 Å². The highest BCUT2D eigenvalue weighted by Crippen LogP contribution is 2.44. The molecule has 0 aliphatic carbocycles. The van der Waals surface area contributed by atoms with Crippen LogP contribution in [0, 0.1) is 26.6 Å². The summed E-state index contributed by atoms with van der Waals surface area (Å²) in [6.45, 7) is 8.58. The Morgan fingerprint density at radius 3 is 1.25 bits per heavy atom. The number of aryl methyl sites for hydroxylation is 8. The van der Waals surface area contributed by atoms with Gasteiger partial charge in [0.05, 0.1) is 52.2 Å². The zero-order valence-corrected chi connectivity index (χ0v) is 68.1. The molecular weight excluding hydrogens is 1540 g/mol. The van der Waals surface area contributed by atoms with Gasteiger partial charge >= 0.3 is 0 Å².